The summed E-state index contributed by atoms with van der Waals surface area (Å²) in [5.74, 6) is 0. The van der Waals surface area contributed by atoms with E-state index in [1.165, 1.54) is 51.1 Å². The predicted octanol–water partition coefficient (Wildman–Crippen LogP) is 7.47. The summed E-state index contributed by atoms with van der Waals surface area (Å²) in [7, 11) is 9.95. The molecule has 0 atom stereocenters. The van der Waals surface area contributed by atoms with Gasteiger partial charge in [-0.15, -0.1) is 7.92 Å². The second-order valence-electron chi connectivity index (χ2n) is 6.92. The van der Waals surface area contributed by atoms with E-state index in [1.807, 2.05) is 0 Å². The number of hydrogen-bond donors (Lipinski definition) is 0. The smallest absolute Gasteiger partial charge is 0.0207 e. The monoisotopic (exact) mass is 411 g/mol. The van der Waals surface area contributed by atoms with Crippen LogP contribution in [0, 0.1) is 0 Å². The van der Waals surface area contributed by atoms with Gasteiger partial charge in [-0.1, -0.05) is 44.9 Å². The van der Waals surface area contributed by atoms with Gasteiger partial charge in [-0.25, -0.2) is 12.1 Å². The fraction of sp³-hybridized carbons (Fsp3) is 0.737. The zero-order chi connectivity index (χ0) is 16.3. The number of halogens is 2. The summed E-state index contributed by atoms with van der Waals surface area (Å²) in [5.41, 5.74) is 3.83. The molecule has 0 nitrogen and oxygen atoms in total. The maximum Gasteiger partial charge on any atom is -0.0207 e. The van der Waals surface area contributed by atoms with Crippen molar-refractivity contribution in [3.63, 3.8) is 0 Å². The number of aryl methyl sites for hydroxylation is 1. The molecule has 4 heteroatoms. The zero-order valence-corrected chi connectivity index (χ0v) is 17.7. The molecule has 2 saturated carbocycles. The van der Waals surface area contributed by atoms with E-state index in [4.69, 9.17) is 20.1 Å². The van der Waals surface area contributed by atoms with E-state index in [-0.39, 0.29) is 13.4 Å². The molecule has 23 heavy (non-hydrogen) atoms. The fourth-order valence-corrected chi connectivity index (χ4v) is 8.23. The van der Waals surface area contributed by atoms with E-state index >= 15 is 0 Å². The van der Waals surface area contributed by atoms with Crippen molar-refractivity contribution in [2.45, 2.75) is 81.9 Å². The average Bonchev–Trinajstić information content (AvgIpc) is 3.11. The molecule has 0 saturated heterocycles. The SMILES string of the molecule is [Cl][Cr+][Cl].c1cc[c-](CCP(C2CCCCC2)C2CCCCC2)c1. The van der Waals surface area contributed by atoms with Crippen molar-refractivity contribution in [2.75, 3.05) is 6.16 Å². The van der Waals surface area contributed by atoms with E-state index in [0.29, 0.717) is 7.92 Å². The number of hydrogen-bond acceptors (Lipinski definition) is 0. The third kappa shape index (κ3) is 7.34. The summed E-state index contributed by atoms with van der Waals surface area (Å²) in [5, 5.41) is 0. The van der Waals surface area contributed by atoms with Crippen molar-refractivity contribution >= 4 is 28.0 Å². The first-order chi connectivity index (χ1) is 11.3. The van der Waals surface area contributed by atoms with Crippen molar-refractivity contribution in [1.29, 1.82) is 0 Å². The van der Waals surface area contributed by atoms with Crippen molar-refractivity contribution in [3.8, 4) is 0 Å². The van der Waals surface area contributed by atoms with Crippen LogP contribution in [0.15, 0.2) is 24.3 Å². The normalized spacial score (nSPS) is 20.1. The van der Waals surface area contributed by atoms with Crippen LogP contribution < -0.4 is 0 Å². The summed E-state index contributed by atoms with van der Waals surface area (Å²) in [4.78, 5) is 0. The van der Waals surface area contributed by atoms with Crippen LogP contribution in [-0.4, -0.2) is 17.5 Å². The van der Waals surface area contributed by atoms with Gasteiger partial charge in [-0.3, -0.25) is 0 Å². The Bertz CT molecular complexity index is 366. The van der Waals surface area contributed by atoms with Gasteiger partial charge in [-0.2, -0.15) is 17.7 Å². The molecule has 0 heterocycles. The molecule has 2 aliphatic rings. The van der Waals surface area contributed by atoms with Gasteiger partial charge in [0.15, 0.2) is 0 Å². The molecule has 0 amide bonds. The Morgan fingerprint density at radius 1 is 0.826 bits per heavy atom. The summed E-state index contributed by atoms with van der Waals surface area (Å²) >= 11 is -0.181. The molecular formula is C19H30Cl2CrP. The van der Waals surface area contributed by atoms with Gasteiger partial charge in [0, 0.05) is 0 Å². The molecule has 0 spiro atoms. The molecule has 0 N–H and O–H groups in total. The second kappa shape index (κ2) is 12.3. The third-order valence-electron chi connectivity index (χ3n) is 5.48. The molecule has 3 rings (SSSR count). The topological polar surface area (TPSA) is 0 Å². The van der Waals surface area contributed by atoms with Crippen molar-refractivity contribution in [1.82, 2.24) is 0 Å². The molecule has 0 aliphatic heterocycles. The van der Waals surface area contributed by atoms with Crippen LogP contribution in [0.3, 0.4) is 0 Å². The number of rotatable bonds is 5. The Balaban J connectivity index is 0.000000595. The van der Waals surface area contributed by atoms with Gasteiger partial charge >= 0.3 is 33.5 Å². The van der Waals surface area contributed by atoms with Crippen LogP contribution in [0.5, 0.6) is 0 Å². The van der Waals surface area contributed by atoms with Crippen molar-refractivity contribution < 1.29 is 13.4 Å². The molecule has 131 valence electrons. The van der Waals surface area contributed by atoms with Crippen LogP contribution >= 0.6 is 28.0 Å². The minimum absolute atomic E-state index is 0.181. The maximum atomic E-state index is 4.83. The van der Waals surface area contributed by atoms with Gasteiger partial charge < -0.3 is 0 Å². The molecule has 2 aliphatic carbocycles. The van der Waals surface area contributed by atoms with Gasteiger partial charge in [0.2, 0.25) is 0 Å². The Hall–Kier alpha value is 0.892. The van der Waals surface area contributed by atoms with Crippen LogP contribution in [-0.2, 0) is 19.8 Å². The molecule has 1 aromatic rings. The van der Waals surface area contributed by atoms with Crippen LogP contribution in [0.2, 0.25) is 0 Å². The fourth-order valence-electron chi connectivity index (χ4n) is 4.33. The molecule has 0 radical (unpaired) electrons. The summed E-state index contributed by atoms with van der Waals surface area (Å²) < 4.78 is 0. The summed E-state index contributed by atoms with van der Waals surface area (Å²) in [6.45, 7) is 0. The van der Waals surface area contributed by atoms with Gasteiger partial charge in [-0.05, 0) is 43.2 Å². The Morgan fingerprint density at radius 2 is 1.26 bits per heavy atom. The van der Waals surface area contributed by atoms with Gasteiger partial charge in [0.25, 0.3) is 0 Å². The first kappa shape index (κ1) is 20.2. The van der Waals surface area contributed by atoms with Crippen LogP contribution in [0.4, 0.5) is 0 Å². The van der Waals surface area contributed by atoms with Gasteiger partial charge in [0.1, 0.15) is 0 Å². The van der Waals surface area contributed by atoms with E-state index in [2.05, 4.69) is 24.3 Å². The Labute approximate surface area is 158 Å². The quantitative estimate of drug-likeness (QED) is 0.348. The average molecular weight is 412 g/mol. The molecule has 2 fully saturated rings. The van der Waals surface area contributed by atoms with Crippen LogP contribution in [0.25, 0.3) is 0 Å². The largest absolute Gasteiger partial charge is 0.213 e. The molecule has 0 aromatic heterocycles. The van der Waals surface area contributed by atoms with E-state index in [1.54, 1.807) is 31.2 Å². The summed E-state index contributed by atoms with van der Waals surface area (Å²) in [6, 6.07) is 9.07. The van der Waals surface area contributed by atoms with Crippen molar-refractivity contribution in [2.24, 2.45) is 0 Å². The predicted molar refractivity (Wildman–Crippen MR) is 103 cm³/mol. The zero-order valence-electron chi connectivity index (χ0n) is 14.1. The first-order valence-corrected chi connectivity index (χ1v) is 14.4. The Morgan fingerprint density at radius 3 is 1.70 bits per heavy atom. The minimum atomic E-state index is -0.181. The molecule has 0 unspecified atom stereocenters. The Kier molecular flexibility index (Phi) is 10.8. The van der Waals surface area contributed by atoms with Crippen LogP contribution in [0.1, 0.15) is 69.8 Å². The molecule has 1 aromatic carbocycles. The van der Waals surface area contributed by atoms with E-state index in [9.17, 15) is 0 Å². The minimum Gasteiger partial charge on any atom is -0.213 e. The molecular weight excluding hydrogens is 382 g/mol. The molecule has 0 bridgehead atoms. The van der Waals surface area contributed by atoms with E-state index < -0.39 is 0 Å². The van der Waals surface area contributed by atoms with Crippen molar-refractivity contribution in [3.05, 3.63) is 29.8 Å². The first-order valence-electron chi connectivity index (χ1n) is 9.21. The standard InChI is InChI=1S/C19H30P.2ClH.Cr/c1-3-11-18(12-4-1)20(19-13-5-2-6-14-19)16-15-17-9-7-8-10-17;;;/h7-10,18-19H,1-6,11-16H2;2*1H;/q-1;;;+3/p-2. The second-order valence-corrected chi connectivity index (χ2v) is 12.0. The maximum absolute atomic E-state index is 4.83. The van der Waals surface area contributed by atoms with E-state index in [0.717, 1.165) is 11.3 Å². The summed E-state index contributed by atoms with van der Waals surface area (Å²) in [6.07, 6.45) is 18.2. The third-order valence-corrected chi connectivity index (χ3v) is 9.13. The van der Waals surface area contributed by atoms with Gasteiger partial charge in [0.05, 0.1) is 0 Å².